The molecule has 4 rings (SSSR count). The normalized spacial score (nSPS) is 23.0. The molecule has 0 saturated heterocycles. The maximum Gasteiger partial charge on any atom is 0.336 e. The highest BCUT2D eigenvalue weighted by molar-refractivity contribution is 6.01. The van der Waals surface area contributed by atoms with Gasteiger partial charge in [-0.1, -0.05) is 30.3 Å². The number of hydrogen-bond acceptors (Lipinski definition) is 4. The molecule has 0 aliphatic carbocycles. The highest BCUT2D eigenvalue weighted by Crippen LogP contribution is 2.34. The van der Waals surface area contributed by atoms with E-state index in [1.807, 2.05) is 62.5 Å². The zero-order valence-electron chi connectivity index (χ0n) is 19.5. The topological polar surface area (TPSA) is 94.4 Å². The molecule has 0 radical (unpaired) electrons. The van der Waals surface area contributed by atoms with Crippen molar-refractivity contribution in [3.63, 3.8) is 0 Å². The second-order valence-electron chi connectivity index (χ2n) is 8.95. The van der Waals surface area contributed by atoms with E-state index in [1.165, 1.54) is 0 Å². The van der Waals surface area contributed by atoms with Gasteiger partial charge in [0.1, 0.15) is 12.1 Å². The van der Waals surface area contributed by atoms with E-state index in [2.05, 4.69) is 20.5 Å². The zero-order valence-corrected chi connectivity index (χ0v) is 19.5. The third kappa shape index (κ3) is 4.23. The Morgan fingerprint density at radius 3 is 2.55 bits per heavy atom. The van der Waals surface area contributed by atoms with Crippen molar-refractivity contribution in [3.05, 3.63) is 59.8 Å². The van der Waals surface area contributed by atoms with Gasteiger partial charge in [-0.15, -0.1) is 0 Å². The monoisotopic (exact) mass is 450 g/mol. The van der Waals surface area contributed by atoms with Crippen LogP contribution in [-0.4, -0.2) is 49.4 Å². The van der Waals surface area contributed by atoms with E-state index in [9.17, 15) is 14.4 Å². The highest BCUT2D eigenvalue weighted by Gasteiger charge is 2.53. The summed E-state index contributed by atoms with van der Waals surface area (Å²) in [5.74, 6) is 0.142. The molecule has 0 bridgehead atoms. The number of carbonyl (C=O) groups excluding carboxylic acids is 3. The van der Waals surface area contributed by atoms with Gasteiger partial charge in [-0.2, -0.15) is 4.90 Å². The zero-order chi connectivity index (χ0) is 23.7. The minimum absolute atomic E-state index is 0.0736. The van der Waals surface area contributed by atoms with Gasteiger partial charge < -0.3 is 16.0 Å². The predicted molar refractivity (Wildman–Crippen MR) is 125 cm³/mol. The average molecular weight is 451 g/mol. The Bertz CT molecular complexity index is 1060. The molecule has 5 unspecified atom stereocenters. The summed E-state index contributed by atoms with van der Waals surface area (Å²) in [5.41, 5.74) is 2.02. The molecule has 8 nitrogen and oxygen atoms in total. The third-order valence-corrected chi connectivity index (χ3v) is 6.88. The van der Waals surface area contributed by atoms with Crippen LogP contribution in [0.5, 0.6) is 0 Å². The van der Waals surface area contributed by atoms with E-state index < -0.39 is 12.1 Å². The van der Waals surface area contributed by atoms with Crippen molar-refractivity contribution < 1.29 is 19.0 Å². The van der Waals surface area contributed by atoms with Crippen molar-refractivity contribution >= 4 is 23.5 Å². The molecule has 2 aliphatic heterocycles. The molecular weight excluding hydrogens is 418 g/mol. The molecule has 0 spiro atoms. The molecule has 3 N–H and O–H groups in total. The molecule has 2 aromatic rings. The van der Waals surface area contributed by atoms with Crippen LogP contribution in [0.3, 0.4) is 0 Å². The van der Waals surface area contributed by atoms with Crippen LogP contribution in [0.15, 0.2) is 48.7 Å². The number of nitrogens with one attached hydrogen (secondary N) is 3. The number of nitrogens with zero attached hydrogens (tertiary/aromatic N) is 2. The van der Waals surface area contributed by atoms with Crippen LogP contribution in [0, 0.1) is 0 Å². The molecule has 33 heavy (non-hydrogen) atoms. The van der Waals surface area contributed by atoms with Gasteiger partial charge in [-0.25, -0.2) is 9.36 Å². The Morgan fingerprint density at radius 2 is 1.85 bits per heavy atom. The predicted octanol–water partition coefficient (Wildman–Crippen LogP) is 0.819. The Kier molecular flexibility index (Phi) is 6.47. The number of rotatable bonds is 7. The fourth-order valence-electron chi connectivity index (χ4n) is 4.67. The maximum atomic E-state index is 13.6. The van der Waals surface area contributed by atoms with Crippen LogP contribution < -0.4 is 25.4 Å². The van der Waals surface area contributed by atoms with Crippen LogP contribution >= 0.6 is 0 Å². The van der Waals surface area contributed by atoms with E-state index in [0.717, 1.165) is 16.9 Å². The number of benzene rings is 1. The van der Waals surface area contributed by atoms with Gasteiger partial charge in [-0.3, -0.25) is 9.59 Å². The summed E-state index contributed by atoms with van der Waals surface area (Å²) in [6.07, 6.45) is 2.60. The van der Waals surface area contributed by atoms with Crippen molar-refractivity contribution in [1.82, 2.24) is 16.0 Å². The van der Waals surface area contributed by atoms with E-state index in [0.29, 0.717) is 13.0 Å². The van der Waals surface area contributed by atoms with Crippen LogP contribution in [0.2, 0.25) is 0 Å². The van der Waals surface area contributed by atoms with Gasteiger partial charge in [0.25, 0.3) is 5.82 Å². The third-order valence-electron chi connectivity index (χ3n) is 6.88. The van der Waals surface area contributed by atoms with E-state index in [4.69, 9.17) is 0 Å². The van der Waals surface area contributed by atoms with E-state index in [1.54, 1.807) is 18.9 Å². The molecule has 1 aromatic heterocycles. The van der Waals surface area contributed by atoms with Gasteiger partial charge in [0, 0.05) is 12.0 Å². The summed E-state index contributed by atoms with van der Waals surface area (Å²) < 4.78 is 2.06. The molecule has 3 heterocycles. The van der Waals surface area contributed by atoms with Crippen molar-refractivity contribution in [1.29, 1.82) is 0 Å². The fraction of sp³-hybridized carbons (Fsp3) is 0.440. The van der Waals surface area contributed by atoms with Crippen molar-refractivity contribution in [3.8, 4) is 0 Å². The Hall–Kier alpha value is -3.26. The molecule has 8 heteroatoms. The standard InChI is InChI=1S/C25H31N5O3/c1-15(18-9-6-5-7-10-18)22(31)27-14-20-13-19-11-8-12-29-17(3)21(25(33)30(20)24(19)29)28-23(32)16(2)26-4/h5-12,15-17,20-21,26H,13-14H2,1-4H3,(H-,27,28,31,32)/p+1. The number of likely N-dealkylation sites (N-methyl/N-ethyl adjacent to an activating group) is 1. The number of aromatic nitrogens is 1. The lowest BCUT2D eigenvalue weighted by molar-refractivity contribution is -0.711. The second kappa shape index (κ2) is 9.31. The van der Waals surface area contributed by atoms with Crippen LogP contribution in [0.1, 0.15) is 43.9 Å². The first-order valence-electron chi connectivity index (χ1n) is 11.5. The van der Waals surface area contributed by atoms with Gasteiger partial charge in [0.15, 0.2) is 6.04 Å². The highest BCUT2D eigenvalue weighted by atomic mass is 16.2. The van der Waals surface area contributed by atoms with Crippen molar-refractivity contribution in [2.45, 2.75) is 57.3 Å². The second-order valence-corrected chi connectivity index (χ2v) is 8.95. The minimum Gasteiger partial charge on any atom is -0.351 e. The quantitative estimate of drug-likeness (QED) is 0.545. The molecule has 5 atom stereocenters. The molecule has 3 amide bonds. The lowest BCUT2D eigenvalue weighted by Gasteiger charge is -2.33. The maximum absolute atomic E-state index is 13.6. The molecular formula is C25H32N5O3+. The first-order valence-corrected chi connectivity index (χ1v) is 11.5. The molecule has 1 aromatic carbocycles. The SMILES string of the molecule is CNC(C)C(=O)NC1C(=O)N2c3c(ccc[n+]3C1C)CC2CNC(=O)C(C)c1ccccc1. The summed E-state index contributed by atoms with van der Waals surface area (Å²) in [5, 5.41) is 8.88. The number of anilines is 1. The summed E-state index contributed by atoms with van der Waals surface area (Å²) >= 11 is 0. The minimum atomic E-state index is -0.680. The smallest absolute Gasteiger partial charge is 0.336 e. The molecule has 174 valence electrons. The van der Waals surface area contributed by atoms with Crippen LogP contribution in [-0.2, 0) is 20.8 Å². The molecule has 2 aliphatic rings. The van der Waals surface area contributed by atoms with Crippen LogP contribution in [0.4, 0.5) is 5.82 Å². The average Bonchev–Trinajstić information content (AvgIpc) is 3.22. The summed E-state index contributed by atoms with van der Waals surface area (Å²) in [6.45, 7) is 5.93. The molecule has 0 saturated carbocycles. The summed E-state index contributed by atoms with van der Waals surface area (Å²) in [6, 6.07) is 12.1. The van der Waals surface area contributed by atoms with Crippen molar-refractivity contribution in [2.24, 2.45) is 0 Å². The lowest BCUT2D eigenvalue weighted by Crippen LogP contribution is -2.67. The summed E-state index contributed by atoms with van der Waals surface area (Å²) in [7, 11) is 1.71. The Labute approximate surface area is 194 Å². The first kappa shape index (κ1) is 22.9. The van der Waals surface area contributed by atoms with E-state index in [-0.39, 0.29) is 35.7 Å². The largest absolute Gasteiger partial charge is 0.351 e. The van der Waals surface area contributed by atoms with Gasteiger partial charge in [0.2, 0.25) is 11.8 Å². The fourth-order valence-corrected chi connectivity index (χ4v) is 4.67. The lowest BCUT2D eigenvalue weighted by atomic mass is 10.0. The van der Waals surface area contributed by atoms with Crippen LogP contribution in [0.25, 0.3) is 0 Å². The Balaban J connectivity index is 1.53. The van der Waals surface area contributed by atoms with Gasteiger partial charge in [0.05, 0.1) is 24.7 Å². The van der Waals surface area contributed by atoms with Gasteiger partial charge >= 0.3 is 5.91 Å². The Morgan fingerprint density at radius 1 is 1.12 bits per heavy atom. The van der Waals surface area contributed by atoms with Gasteiger partial charge in [-0.05, 0) is 45.5 Å². The number of pyridine rings is 1. The van der Waals surface area contributed by atoms with Crippen molar-refractivity contribution in [2.75, 3.05) is 18.5 Å². The summed E-state index contributed by atoms with van der Waals surface area (Å²) in [4.78, 5) is 40.7. The van der Waals surface area contributed by atoms with E-state index >= 15 is 0 Å². The molecule has 0 fully saturated rings. The first-order chi connectivity index (χ1) is 15.8. The number of amides is 3. The number of carbonyl (C=O) groups is 3. The number of hydrogen-bond donors (Lipinski definition) is 3.